The number of rotatable bonds is 7. The van der Waals surface area contributed by atoms with Gasteiger partial charge in [0.05, 0.1) is 7.11 Å². The Morgan fingerprint density at radius 1 is 1.10 bits per heavy atom. The molecule has 2 amide bonds. The fourth-order valence-corrected chi connectivity index (χ4v) is 3.98. The first-order chi connectivity index (χ1) is 19.5. The lowest BCUT2D eigenvalue weighted by Crippen LogP contribution is -2.41. The average Bonchev–Trinajstić information content (AvgIpc) is 3.16. The third-order valence-electron chi connectivity index (χ3n) is 6.11. The first-order valence-corrected chi connectivity index (χ1v) is 12.8. The molecule has 13 heteroatoms. The Morgan fingerprint density at radius 2 is 1.78 bits per heavy atom. The first-order valence-electron chi connectivity index (χ1n) is 12.8. The van der Waals surface area contributed by atoms with Gasteiger partial charge in [0.25, 0.3) is 0 Å². The number of anilines is 1. The topological polar surface area (TPSA) is 126 Å². The normalized spacial score (nSPS) is 12.7. The maximum absolute atomic E-state index is 12.2. The number of alkyl halides is 3. The van der Waals surface area contributed by atoms with Crippen molar-refractivity contribution in [3.63, 3.8) is 0 Å². The molecule has 10 nitrogen and oxygen atoms in total. The summed E-state index contributed by atoms with van der Waals surface area (Å²) in [6.07, 6.45) is -1.71. The van der Waals surface area contributed by atoms with E-state index in [0.29, 0.717) is 38.0 Å². The molecule has 0 unspecified atom stereocenters. The van der Waals surface area contributed by atoms with Crippen LogP contribution in [0.2, 0.25) is 0 Å². The van der Waals surface area contributed by atoms with Gasteiger partial charge in [0.2, 0.25) is 11.8 Å². The molecule has 1 aromatic heterocycles. The monoisotopic (exact) mass is 575 g/mol. The Labute approximate surface area is 235 Å². The number of aromatic nitrogens is 2. The third kappa shape index (κ3) is 8.98. The van der Waals surface area contributed by atoms with Crippen LogP contribution >= 0.6 is 0 Å². The predicted molar refractivity (Wildman–Crippen MR) is 145 cm³/mol. The van der Waals surface area contributed by atoms with Crippen molar-refractivity contribution < 1.29 is 37.3 Å². The van der Waals surface area contributed by atoms with E-state index in [1.54, 1.807) is 13.3 Å². The number of hydrogen-bond donors (Lipinski definition) is 3. The molecule has 0 atom stereocenters. The molecule has 0 aliphatic carbocycles. The van der Waals surface area contributed by atoms with Crippen LogP contribution in [0.25, 0.3) is 0 Å². The number of fused-ring (bicyclic) bond motifs is 1. The summed E-state index contributed by atoms with van der Waals surface area (Å²) in [7, 11) is 1.66. The van der Waals surface area contributed by atoms with E-state index >= 15 is 0 Å². The molecule has 1 aliphatic rings. The molecule has 2 heterocycles. The molecule has 3 N–H and O–H groups in total. The van der Waals surface area contributed by atoms with Crippen molar-refractivity contribution in [2.75, 3.05) is 32.1 Å². The van der Waals surface area contributed by atoms with Gasteiger partial charge in [-0.1, -0.05) is 24.3 Å². The van der Waals surface area contributed by atoms with E-state index in [-0.39, 0.29) is 6.03 Å². The van der Waals surface area contributed by atoms with Crippen LogP contribution in [0.15, 0.2) is 48.7 Å². The van der Waals surface area contributed by atoms with Gasteiger partial charge in [0, 0.05) is 43.5 Å². The number of aryl methyl sites for hydroxylation is 1. The second-order valence-corrected chi connectivity index (χ2v) is 9.01. The number of carbonyl (C=O) groups excluding carboxylic acids is 1. The molecule has 2 aromatic carbocycles. The smallest absolute Gasteiger partial charge is 0.490 e. The standard InChI is InChI=1S/C26H31N5O3.C2HF3O2/c1-4-27-26(32)31-13-11-19-9-10-22(15-20(19)12-14-31)34-24-18(2)16-28-25(30-24)29-17-21-7-5-6-8-23(21)33-3;3-2(4,5)1(6)7/h5-10,15-16H,4,11-14,17H2,1-3H3,(H,27,32)(H,28,29,30);(H,6,7). The van der Waals surface area contributed by atoms with Gasteiger partial charge in [0.15, 0.2) is 0 Å². The van der Waals surface area contributed by atoms with Crippen LogP contribution in [-0.4, -0.2) is 64.9 Å². The number of carboxylic acid groups (broad SMARTS) is 1. The van der Waals surface area contributed by atoms with E-state index < -0.39 is 12.1 Å². The number of carbonyl (C=O) groups is 2. The summed E-state index contributed by atoms with van der Waals surface area (Å²) in [5.74, 6) is -0.224. The van der Waals surface area contributed by atoms with E-state index in [1.165, 1.54) is 11.1 Å². The van der Waals surface area contributed by atoms with Crippen LogP contribution in [0.3, 0.4) is 0 Å². The Balaban J connectivity index is 0.000000587. The SMILES string of the molecule is CCNC(=O)N1CCc2ccc(Oc3nc(NCc4ccccc4OC)ncc3C)cc2CC1.O=C(O)C(F)(F)F. The Hall–Kier alpha value is -4.55. The second kappa shape index (κ2) is 14.2. The highest BCUT2D eigenvalue weighted by molar-refractivity contribution is 5.74. The van der Waals surface area contributed by atoms with Crippen LogP contribution in [0, 0.1) is 6.92 Å². The number of nitrogens with zero attached hydrogens (tertiary/aromatic N) is 3. The lowest BCUT2D eigenvalue weighted by atomic mass is 10.0. The molecule has 0 radical (unpaired) electrons. The quantitative estimate of drug-likeness (QED) is 0.361. The van der Waals surface area contributed by atoms with Gasteiger partial charge in [-0.2, -0.15) is 18.2 Å². The number of amides is 2. The first kappa shape index (κ1) is 31.0. The Kier molecular flexibility index (Phi) is 10.7. The van der Waals surface area contributed by atoms with Crippen molar-refractivity contribution in [1.29, 1.82) is 0 Å². The number of para-hydroxylation sites is 1. The zero-order valence-corrected chi connectivity index (χ0v) is 22.9. The molecular weight excluding hydrogens is 543 g/mol. The molecule has 4 rings (SSSR count). The summed E-state index contributed by atoms with van der Waals surface area (Å²) in [5.41, 5.74) is 4.31. The minimum Gasteiger partial charge on any atom is -0.496 e. The minimum absolute atomic E-state index is 0.00320. The molecular formula is C28H32F3N5O5. The molecule has 1 aliphatic heterocycles. The highest BCUT2D eigenvalue weighted by Crippen LogP contribution is 2.28. The third-order valence-corrected chi connectivity index (χ3v) is 6.11. The van der Waals surface area contributed by atoms with Gasteiger partial charge in [-0.05, 0) is 56.0 Å². The van der Waals surface area contributed by atoms with E-state index in [9.17, 15) is 18.0 Å². The van der Waals surface area contributed by atoms with Crippen LogP contribution < -0.4 is 20.1 Å². The zero-order chi connectivity index (χ0) is 30.0. The lowest BCUT2D eigenvalue weighted by molar-refractivity contribution is -0.192. The molecule has 0 fully saturated rings. The van der Waals surface area contributed by atoms with Gasteiger partial charge in [0.1, 0.15) is 11.5 Å². The van der Waals surface area contributed by atoms with Gasteiger partial charge in [-0.15, -0.1) is 0 Å². The second-order valence-electron chi connectivity index (χ2n) is 9.01. The van der Waals surface area contributed by atoms with Gasteiger partial charge >= 0.3 is 18.2 Å². The molecule has 0 saturated carbocycles. The molecule has 220 valence electrons. The summed E-state index contributed by atoms with van der Waals surface area (Å²) in [6.45, 7) is 6.43. The molecule has 0 saturated heterocycles. The van der Waals surface area contributed by atoms with Gasteiger partial charge in [-0.25, -0.2) is 14.6 Å². The minimum atomic E-state index is -5.08. The van der Waals surface area contributed by atoms with E-state index in [4.69, 9.17) is 19.4 Å². The number of hydrogen-bond acceptors (Lipinski definition) is 7. The Morgan fingerprint density at radius 3 is 2.44 bits per heavy atom. The number of ether oxygens (including phenoxy) is 2. The average molecular weight is 576 g/mol. The van der Waals surface area contributed by atoms with Crippen LogP contribution in [0.1, 0.15) is 29.2 Å². The predicted octanol–water partition coefficient (Wildman–Crippen LogP) is 4.96. The molecule has 41 heavy (non-hydrogen) atoms. The van der Waals surface area contributed by atoms with E-state index in [0.717, 1.165) is 35.5 Å². The lowest BCUT2D eigenvalue weighted by Gasteiger charge is -2.20. The largest absolute Gasteiger partial charge is 0.496 e. The maximum Gasteiger partial charge on any atom is 0.490 e. The summed E-state index contributed by atoms with van der Waals surface area (Å²) >= 11 is 0. The van der Waals surface area contributed by atoms with Crippen molar-refractivity contribution in [3.05, 3.63) is 70.9 Å². The van der Waals surface area contributed by atoms with Crippen molar-refractivity contribution >= 4 is 17.9 Å². The summed E-state index contributed by atoms with van der Waals surface area (Å²) < 4.78 is 43.3. The number of halogens is 3. The number of nitrogens with one attached hydrogen (secondary N) is 2. The van der Waals surface area contributed by atoms with Crippen molar-refractivity contribution in [2.45, 2.75) is 39.4 Å². The fraction of sp³-hybridized carbons (Fsp3) is 0.357. The Bertz CT molecular complexity index is 1350. The summed E-state index contributed by atoms with van der Waals surface area (Å²) in [5, 5.41) is 13.3. The summed E-state index contributed by atoms with van der Waals surface area (Å²) in [6, 6.07) is 13.9. The zero-order valence-electron chi connectivity index (χ0n) is 22.9. The number of aliphatic carboxylic acids is 1. The molecule has 0 spiro atoms. The number of methoxy groups -OCH3 is 1. The number of benzene rings is 2. The number of urea groups is 1. The highest BCUT2D eigenvalue weighted by Gasteiger charge is 2.38. The van der Waals surface area contributed by atoms with Crippen molar-refractivity contribution in [1.82, 2.24) is 20.2 Å². The highest BCUT2D eigenvalue weighted by atomic mass is 19.4. The van der Waals surface area contributed by atoms with Gasteiger partial charge < -0.3 is 30.1 Å². The van der Waals surface area contributed by atoms with E-state index in [2.05, 4.69) is 32.7 Å². The molecule has 3 aromatic rings. The van der Waals surface area contributed by atoms with Crippen LogP contribution in [-0.2, 0) is 24.2 Å². The van der Waals surface area contributed by atoms with Crippen molar-refractivity contribution in [3.8, 4) is 17.4 Å². The van der Waals surface area contributed by atoms with Gasteiger partial charge in [-0.3, -0.25) is 0 Å². The van der Waals surface area contributed by atoms with E-state index in [1.807, 2.05) is 49.1 Å². The van der Waals surface area contributed by atoms with Crippen LogP contribution in [0.5, 0.6) is 17.4 Å². The van der Waals surface area contributed by atoms with Crippen LogP contribution in [0.4, 0.5) is 23.9 Å². The van der Waals surface area contributed by atoms with Crippen molar-refractivity contribution in [2.24, 2.45) is 0 Å². The number of carboxylic acids is 1. The molecule has 0 bridgehead atoms. The summed E-state index contributed by atoms with van der Waals surface area (Å²) in [4.78, 5) is 32.0. The maximum atomic E-state index is 12.2. The fourth-order valence-electron chi connectivity index (χ4n) is 3.98.